The van der Waals surface area contributed by atoms with Gasteiger partial charge in [-0.1, -0.05) is 11.6 Å². The Balaban J connectivity index is 0.000000980. The summed E-state index contributed by atoms with van der Waals surface area (Å²) in [6.45, 7) is 3.84. The molecule has 86 valence electrons. The van der Waals surface area contributed by atoms with Crippen LogP contribution in [-0.4, -0.2) is 23.1 Å². The normalized spacial score (nSPS) is 14.3. The number of aryl methyl sites for hydroxylation is 1. The van der Waals surface area contributed by atoms with E-state index in [1.807, 2.05) is 6.92 Å². The van der Waals surface area contributed by atoms with Gasteiger partial charge in [-0.05, 0) is 19.9 Å². The monoisotopic (exact) mass is 269 g/mol. The topological polar surface area (TPSA) is 37.8 Å². The van der Waals surface area contributed by atoms with E-state index in [0.717, 1.165) is 43.0 Å². The quantitative estimate of drug-likeness (QED) is 0.733. The Labute approximate surface area is 107 Å². The Morgan fingerprint density at radius 3 is 2.53 bits per heavy atom. The molecule has 1 aromatic heterocycles. The lowest BCUT2D eigenvalue weighted by atomic mass is 10.1. The third-order valence-corrected chi connectivity index (χ3v) is 2.56. The Hall–Kier alpha value is -0.0900. The van der Waals surface area contributed by atoms with Gasteiger partial charge in [0.05, 0.1) is 5.69 Å². The fourth-order valence-electron chi connectivity index (χ4n) is 1.62. The molecule has 2 heterocycles. The number of hydrogen-bond acceptors (Lipinski definition) is 3. The standard InChI is InChI=1S/C9H12ClN3.2ClH/c1-6-12-8-3-5-11-4-2-7(8)9(10)13-6;;/h11H,2-5H2,1H3;2*1H. The summed E-state index contributed by atoms with van der Waals surface area (Å²) in [6.07, 6.45) is 1.90. The number of nitrogens with zero attached hydrogens (tertiary/aromatic N) is 2. The van der Waals surface area contributed by atoms with Gasteiger partial charge in [0.25, 0.3) is 0 Å². The lowest BCUT2D eigenvalue weighted by Crippen LogP contribution is -2.16. The van der Waals surface area contributed by atoms with Crippen LogP contribution >= 0.6 is 36.4 Å². The molecule has 0 fully saturated rings. The second-order valence-electron chi connectivity index (χ2n) is 3.24. The first-order valence-electron chi connectivity index (χ1n) is 4.50. The van der Waals surface area contributed by atoms with E-state index in [9.17, 15) is 0 Å². The number of rotatable bonds is 0. The zero-order valence-corrected chi connectivity index (χ0v) is 10.8. The van der Waals surface area contributed by atoms with Crippen LogP contribution in [0.1, 0.15) is 17.1 Å². The van der Waals surface area contributed by atoms with Crippen LogP contribution in [-0.2, 0) is 12.8 Å². The molecule has 0 aliphatic carbocycles. The summed E-state index contributed by atoms with van der Waals surface area (Å²) >= 11 is 6.04. The van der Waals surface area contributed by atoms with Crippen molar-refractivity contribution in [2.75, 3.05) is 13.1 Å². The number of hydrogen-bond donors (Lipinski definition) is 1. The van der Waals surface area contributed by atoms with Crippen molar-refractivity contribution in [3.05, 3.63) is 22.2 Å². The van der Waals surface area contributed by atoms with Crippen LogP contribution in [0, 0.1) is 6.92 Å². The van der Waals surface area contributed by atoms with Gasteiger partial charge in [0.2, 0.25) is 0 Å². The van der Waals surface area contributed by atoms with Crippen molar-refractivity contribution in [2.45, 2.75) is 19.8 Å². The Bertz CT molecular complexity index is 331. The van der Waals surface area contributed by atoms with Crippen LogP contribution in [0.15, 0.2) is 0 Å². The van der Waals surface area contributed by atoms with Gasteiger partial charge in [-0.3, -0.25) is 0 Å². The van der Waals surface area contributed by atoms with E-state index >= 15 is 0 Å². The van der Waals surface area contributed by atoms with Gasteiger partial charge < -0.3 is 5.32 Å². The van der Waals surface area contributed by atoms with Gasteiger partial charge in [-0.2, -0.15) is 0 Å². The van der Waals surface area contributed by atoms with Crippen molar-refractivity contribution in [3.63, 3.8) is 0 Å². The van der Waals surface area contributed by atoms with Crippen molar-refractivity contribution in [1.29, 1.82) is 0 Å². The fraction of sp³-hybridized carbons (Fsp3) is 0.556. The highest BCUT2D eigenvalue weighted by Crippen LogP contribution is 2.18. The molecule has 0 atom stereocenters. The van der Waals surface area contributed by atoms with Crippen LogP contribution in [0.5, 0.6) is 0 Å². The van der Waals surface area contributed by atoms with Gasteiger partial charge in [0.1, 0.15) is 11.0 Å². The number of nitrogens with one attached hydrogen (secondary N) is 1. The average molecular weight is 271 g/mol. The molecule has 0 saturated heterocycles. The van der Waals surface area contributed by atoms with E-state index in [0.29, 0.717) is 5.15 Å². The van der Waals surface area contributed by atoms with E-state index < -0.39 is 0 Å². The molecule has 0 aromatic carbocycles. The minimum Gasteiger partial charge on any atom is -0.316 e. The van der Waals surface area contributed by atoms with Crippen molar-refractivity contribution in [1.82, 2.24) is 15.3 Å². The lowest BCUT2D eigenvalue weighted by Gasteiger charge is -2.06. The average Bonchev–Trinajstić information content (AvgIpc) is 2.28. The molecule has 3 nitrogen and oxygen atoms in total. The van der Waals surface area contributed by atoms with E-state index in [1.54, 1.807) is 0 Å². The maximum Gasteiger partial charge on any atom is 0.136 e. The predicted octanol–water partition coefficient (Wildman–Crippen LogP) is 1.97. The number of fused-ring (bicyclic) bond motifs is 1. The summed E-state index contributed by atoms with van der Waals surface area (Å²) in [5, 5.41) is 3.95. The van der Waals surface area contributed by atoms with Crippen LogP contribution < -0.4 is 5.32 Å². The second-order valence-corrected chi connectivity index (χ2v) is 3.59. The zero-order chi connectivity index (χ0) is 9.26. The predicted molar refractivity (Wildman–Crippen MR) is 66.6 cm³/mol. The Kier molecular flexibility index (Phi) is 6.44. The minimum absolute atomic E-state index is 0. The van der Waals surface area contributed by atoms with Gasteiger partial charge >= 0.3 is 0 Å². The smallest absolute Gasteiger partial charge is 0.136 e. The summed E-state index contributed by atoms with van der Waals surface area (Å²) in [5.74, 6) is 0.769. The highest BCUT2D eigenvalue weighted by Gasteiger charge is 2.13. The SMILES string of the molecule is Cc1nc(Cl)c2c(n1)CCNCC2.Cl.Cl. The van der Waals surface area contributed by atoms with Gasteiger partial charge in [0.15, 0.2) is 0 Å². The van der Waals surface area contributed by atoms with Crippen molar-refractivity contribution in [2.24, 2.45) is 0 Å². The van der Waals surface area contributed by atoms with E-state index in [2.05, 4.69) is 15.3 Å². The molecule has 1 N–H and O–H groups in total. The van der Waals surface area contributed by atoms with Crippen molar-refractivity contribution < 1.29 is 0 Å². The Morgan fingerprint density at radius 1 is 1.13 bits per heavy atom. The highest BCUT2D eigenvalue weighted by molar-refractivity contribution is 6.30. The molecule has 6 heteroatoms. The van der Waals surface area contributed by atoms with E-state index in [4.69, 9.17) is 11.6 Å². The van der Waals surface area contributed by atoms with E-state index in [-0.39, 0.29) is 24.8 Å². The van der Waals surface area contributed by atoms with Crippen LogP contribution in [0.2, 0.25) is 5.15 Å². The molecule has 2 rings (SSSR count). The minimum atomic E-state index is 0. The summed E-state index contributed by atoms with van der Waals surface area (Å²) in [6, 6.07) is 0. The number of aromatic nitrogens is 2. The molecular formula is C9H14Cl3N3. The fourth-order valence-corrected chi connectivity index (χ4v) is 1.94. The van der Waals surface area contributed by atoms with Gasteiger partial charge in [-0.15, -0.1) is 24.8 Å². The maximum absolute atomic E-state index is 6.04. The third kappa shape index (κ3) is 3.45. The molecule has 0 unspecified atom stereocenters. The molecule has 1 aliphatic rings. The third-order valence-electron chi connectivity index (χ3n) is 2.24. The molecule has 1 aromatic rings. The molecule has 0 saturated carbocycles. The summed E-state index contributed by atoms with van der Waals surface area (Å²) in [5.41, 5.74) is 2.24. The first-order chi connectivity index (χ1) is 6.27. The zero-order valence-electron chi connectivity index (χ0n) is 8.42. The first-order valence-corrected chi connectivity index (χ1v) is 4.88. The molecule has 0 radical (unpaired) electrons. The van der Waals surface area contributed by atoms with Crippen LogP contribution in [0.4, 0.5) is 0 Å². The second kappa shape index (κ2) is 6.48. The molecule has 0 bridgehead atoms. The van der Waals surface area contributed by atoms with Crippen LogP contribution in [0.25, 0.3) is 0 Å². The number of halogens is 3. The summed E-state index contributed by atoms with van der Waals surface area (Å²) in [4.78, 5) is 8.55. The van der Waals surface area contributed by atoms with Crippen molar-refractivity contribution in [3.8, 4) is 0 Å². The molecular weight excluding hydrogens is 256 g/mol. The molecule has 0 spiro atoms. The molecule has 15 heavy (non-hydrogen) atoms. The van der Waals surface area contributed by atoms with Gasteiger partial charge in [-0.25, -0.2) is 9.97 Å². The van der Waals surface area contributed by atoms with E-state index in [1.165, 1.54) is 0 Å². The molecule has 1 aliphatic heterocycles. The largest absolute Gasteiger partial charge is 0.316 e. The lowest BCUT2D eigenvalue weighted by molar-refractivity contribution is 0.708. The summed E-state index contributed by atoms with van der Waals surface area (Å²) in [7, 11) is 0. The van der Waals surface area contributed by atoms with Crippen LogP contribution in [0.3, 0.4) is 0 Å². The summed E-state index contributed by atoms with van der Waals surface area (Å²) < 4.78 is 0. The van der Waals surface area contributed by atoms with Crippen molar-refractivity contribution >= 4 is 36.4 Å². The first kappa shape index (κ1) is 14.9. The Morgan fingerprint density at radius 2 is 1.80 bits per heavy atom. The van der Waals surface area contributed by atoms with Gasteiger partial charge in [0, 0.05) is 18.5 Å². The highest BCUT2D eigenvalue weighted by atomic mass is 35.5. The molecule has 0 amide bonds. The maximum atomic E-state index is 6.04.